The first-order chi connectivity index (χ1) is 8.75. The molecule has 1 saturated carbocycles. The van der Waals surface area contributed by atoms with Crippen LogP contribution < -0.4 is 10.6 Å². The van der Waals surface area contributed by atoms with Crippen LogP contribution in [0, 0.1) is 0 Å². The van der Waals surface area contributed by atoms with E-state index in [1.165, 1.54) is 0 Å². The van der Waals surface area contributed by atoms with Crippen molar-refractivity contribution >= 4 is 5.91 Å². The smallest absolute Gasteiger partial charge is 0.220 e. The van der Waals surface area contributed by atoms with E-state index in [9.17, 15) is 4.79 Å². The van der Waals surface area contributed by atoms with Gasteiger partial charge in [0, 0.05) is 37.1 Å². The Labute approximate surface area is 107 Å². The average Bonchev–Trinajstić information content (AvgIpc) is 3.19. The van der Waals surface area contributed by atoms with Crippen molar-refractivity contribution in [3.63, 3.8) is 0 Å². The van der Waals surface area contributed by atoms with Crippen LogP contribution >= 0.6 is 0 Å². The Balaban J connectivity index is 1.58. The molecule has 2 rings (SSSR count). The molecule has 98 valence electrons. The first kappa shape index (κ1) is 13.0. The van der Waals surface area contributed by atoms with Gasteiger partial charge in [0.1, 0.15) is 0 Å². The highest BCUT2D eigenvalue weighted by Gasteiger charge is 2.22. The zero-order valence-electron chi connectivity index (χ0n) is 10.7. The first-order valence-corrected chi connectivity index (χ1v) is 6.54. The number of carbonyl (C=O) groups excluding carboxylic acids is 1. The standard InChI is InChI=1S/C13H20N4O/c1-10(12-9-14-7-8-16-12)15-6-2-3-13(18)17-11-4-5-11/h7-11,15H,2-6H2,1H3,(H,17,18). The molecule has 5 nitrogen and oxygen atoms in total. The van der Waals surface area contributed by atoms with Crippen molar-refractivity contribution < 1.29 is 4.79 Å². The molecule has 1 atom stereocenters. The molecule has 0 saturated heterocycles. The summed E-state index contributed by atoms with van der Waals surface area (Å²) in [7, 11) is 0. The zero-order chi connectivity index (χ0) is 12.8. The summed E-state index contributed by atoms with van der Waals surface area (Å²) in [6, 6.07) is 0.633. The number of nitrogens with one attached hydrogen (secondary N) is 2. The van der Waals surface area contributed by atoms with Crippen molar-refractivity contribution in [3.8, 4) is 0 Å². The molecule has 1 aliphatic rings. The molecular formula is C13H20N4O. The van der Waals surface area contributed by atoms with Crippen molar-refractivity contribution in [3.05, 3.63) is 24.3 Å². The lowest BCUT2D eigenvalue weighted by molar-refractivity contribution is -0.121. The number of hydrogen-bond acceptors (Lipinski definition) is 4. The molecule has 18 heavy (non-hydrogen) atoms. The Hall–Kier alpha value is -1.49. The second-order valence-corrected chi connectivity index (χ2v) is 4.75. The Kier molecular flexibility index (Phi) is 4.64. The minimum Gasteiger partial charge on any atom is -0.353 e. The van der Waals surface area contributed by atoms with Crippen LogP contribution in [0.1, 0.15) is 44.3 Å². The summed E-state index contributed by atoms with van der Waals surface area (Å²) >= 11 is 0. The van der Waals surface area contributed by atoms with Gasteiger partial charge < -0.3 is 10.6 Å². The molecule has 0 radical (unpaired) electrons. The average molecular weight is 248 g/mol. The zero-order valence-corrected chi connectivity index (χ0v) is 10.7. The third-order valence-electron chi connectivity index (χ3n) is 3.00. The van der Waals surface area contributed by atoms with Gasteiger partial charge in [0.25, 0.3) is 0 Å². The van der Waals surface area contributed by atoms with Gasteiger partial charge in [0.2, 0.25) is 5.91 Å². The first-order valence-electron chi connectivity index (χ1n) is 6.54. The molecule has 1 aromatic rings. The predicted octanol–water partition coefficient (Wildman–Crippen LogP) is 1.19. The van der Waals surface area contributed by atoms with E-state index >= 15 is 0 Å². The Morgan fingerprint density at radius 2 is 2.33 bits per heavy atom. The molecule has 1 aromatic heterocycles. The molecule has 5 heteroatoms. The number of amides is 1. The molecule has 0 aliphatic heterocycles. The van der Waals surface area contributed by atoms with Gasteiger partial charge in [-0.05, 0) is 32.7 Å². The van der Waals surface area contributed by atoms with Gasteiger partial charge in [-0.25, -0.2) is 0 Å². The lowest BCUT2D eigenvalue weighted by Gasteiger charge is -2.12. The van der Waals surface area contributed by atoms with Gasteiger partial charge in [-0.1, -0.05) is 0 Å². The Bertz CT molecular complexity index is 378. The lowest BCUT2D eigenvalue weighted by atomic mass is 10.2. The van der Waals surface area contributed by atoms with Crippen LogP contribution in [0.15, 0.2) is 18.6 Å². The maximum Gasteiger partial charge on any atom is 0.220 e. The van der Waals surface area contributed by atoms with Gasteiger partial charge in [-0.2, -0.15) is 0 Å². The minimum atomic E-state index is 0.171. The van der Waals surface area contributed by atoms with Crippen molar-refractivity contribution in [2.45, 2.75) is 44.7 Å². The molecule has 0 bridgehead atoms. The van der Waals surface area contributed by atoms with E-state index in [1.807, 2.05) is 6.92 Å². The van der Waals surface area contributed by atoms with Crippen molar-refractivity contribution in [1.82, 2.24) is 20.6 Å². The van der Waals surface area contributed by atoms with Crippen LogP contribution in [0.3, 0.4) is 0 Å². The fourth-order valence-corrected chi connectivity index (χ4v) is 1.73. The van der Waals surface area contributed by atoms with E-state index in [0.29, 0.717) is 12.5 Å². The van der Waals surface area contributed by atoms with Gasteiger partial charge >= 0.3 is 0 Å². The summed E-state index contributed by atoms with van der Waals surface area (Å²) in [5, 5.41) is 6.33. The molecule has 0 spiro atoms. The monoisotopic (exact) mass is 248 g/mol. The van der Waals surface area contributed by atoms with Crippen molar-refractivity contribution in [2.24, 2.45) is 0 Å². The van der Waals surface area contributed by atoms with Crippen LogP contribution in [0.2, 0.25) is 0 Å². The van der Waals surface area contributed by atoms with Gasteiger partial charge in [-0.15, -0.1) is 0 Å². The highest BCUT2D eigenvalue weighted by Crippen LogP contribution is 2.18. The minimum absolute atomic E-state index is 0.171. The van der Waals surface area contributed by atoms with E-state index in [1.54, 1.807) is 18.6 Å². The summed E-state index contributed by atoms with van der Waals surface area (Å²) < 4.78 is 0. The maximum absolute atomic E-state index is 11.4. The second kappa shape index (κ2) is 6.44. The molecule has 2 N–H and O–H groups in total. The summed E-state index contributed by atoms with van der Waals surface area (Å²) in [6.07, 6.45) is 8.85. The van der Waals surface area contributed by atoms with E-state index < -0.39 is 0 Å². The van der Waals surface area contributed by atoms with Crippen LogP contribution in [-0.2, 0) is 4.79 Å². The van der Waals surface area contributed by atoms with E-state index in [4.69, 9.17) is 0 Å². The molecular weight excluding hydrogens is 228 g/mol. The third-order valence-corrected chi connectivity index (χ3v) is 3.00. The molecule has 1 amide bonds. The summed E-state index contributed by atoms with van der Waals surface area (Å²) in [5.74, 6) is 0.173. The van der Waals surface area contributed by atoms with Crippen molar-refractivity contribution in [1.29, 1.82) is 0 Å². The van der Waals surface area contributed by atoms with E-state index in [0.717, 1.165) is 31.5 Å². The normalized spacial score (nSPS) is 16.3. The third kappa shape index (κ3) is 4.41. The number of rotatable bonds is 7. The van der Waals surface area contributed by atoms with Crippen LogP contribution in [0.4, 0.5) is 0 Å². The molecule has 1 unspecified atom stereocenters. The van der Waals surface area contributed by atoms with Gasteiger partial charge in [0.05, 0.1) is 5.69 Å². The predicted molar refractivity (Wildman–Crippen MR) is 68.8 cm³/mol. The SMILES string of the molecule is CC(NCCCC(=O)NC1CC1)c1cnccn1. The molecule has 0 aromatic carbocycles. The highest BCUT2D eigenvalue weighted by atomic mass is 16.1. The Morgan fingerprint density at radius 3 is 3.00 bits per heavy atom. The summed E-state index contributed by atoms with van der Waals surface area (Å²) in [6.45, 7) is 2.87. The number of nitrogens with zero attached hydrogens (tertiary/aromatic N) is 2. The molecule has 1 fully saturated rings. The van der Waals surface area contributed by atoms with Crippen LogP contribution in [0.25, 0.3) is 0 Å². The lowest BCUT2D eigenvalue weighted by Crippen LogP contribution is -2.27. The van der Waals surface area contributed by atoms with E-state index in [-0.39, 0.29) is 11.9 Å². The Morgan fingerprint density at radius 1 is 1.50 bits per heavy atom. The molecule has 1 aliphatic carbocycles. The van der Waals surface area contributed by atoms with Crippen LogP contribution in [-0.4, -0.2) is 28.5 Å². The number of carbonyl (C=O) groups is 1. The quantitative estimate of drug-likeness (QED) is 0.711. The van der Waals surface area contributed by atoms with Crippen molar-refractivity contribution in [2.75, 3.05) is 6.54 Å². The van der Waals surface area contributed by atoms with Crippen LogP contribution in [0.5, 0.6) is 0 Å². The fraction of sp³-hybridized carbons (Fsp3) is 0.615. The second-order valence-electron chi connectivity index (χ2n) is 4.75. The number of hydrogen-bond donors (Lipinski definition) is 2. The van der Waals surface area contributed by atoms with E-state index in [2.05, 4.69) is 20.6 Å². The fourth-order valence-electron chi connectivity index (χ4n) is 1.73. The largest absolute Gasteiger partial charge is 0.353 e. The summed E-state index contributed by atoms with van der Waals surface area (Å²) in [4.78, 5) is 19.7. The molecule has 1 heterocycles. The maximum atomic E-state index is 11.4. The summed E-state index contributed by atoms with van der Waals surface area (Å²) in [5.41, 5.74) is 0.930. The van der Waals surface area contributed by atoms with Gasteiger partial charge in [0.15, 0.2) is 0 Å². The van der Waals surface area contributed by atoms with Gasteiger partial charge in [-0.3, -0.25) is 14.8 Å². The highest BCUT2D eigenvalue weighted by molar-refractivity contribution is 5.76. The topological polar surface area (TPSA) is 66.9 Å². The number of aromatic nitrogens is 2.